The predicted molar refractivity (Wildman–Crippen MR) is 127 cm³/mol. The largest absolute Gasteiger partial charge is 0.352 e. The van der Waals surface area contributed by atoms with Crippen LogP contribution >= 0.6 is 0 Å². The molecule has 0 amide bonds. The molecule has 170 valence electrons. The van der Waals surface area contributed by atoms with Crippen molar-refractivity contribution in [2.24, 2.45) is 11.3 Å². The lowest BCUT2D eigenvalue weighted by Crippen LogP contribution is -2.45. The molecule has 0 aromatic carbocycles. The van der Waals surface area contributed by atoms with Crippen molar-refractivity contribution < 1.29 is 4.79 Å². The Kier molecular flexibility index (Phi) is 5.19. The highest BCUT2D eigenvalue weighted by Gasteiger charge is 2.37. The van der Waals surface area contributed by atoms with Gasteiger partial charge in [0.05, 0.1) is 23.0 Å². The van der Waals surface area contributed by atoms with Crippen LogP contribution in [0.25, 0.3) is 16.9 Å². The number of pyridine rings is 1. The molecule has 0 spiro atoms. The molecule has 2 fully saturated rings. The third-order valence-electron chi connectivity index (χ3n) is 6.99. The second-order valence-corrected chi connectivity index (χ2v) is 10.5. The SMILES string of the molecule is C[C@H]1CC(C(=O)C(C)(C)C)CCN1c1ncnn2c(-c3cc(C#N)ccn3)cc(C3CC3)c12. The van der Waals surface area contributed by atoms with Crippen molar-refractivity contribution in [1.82, 2.24) is 19.6 Å². The number of piperidine rings is 1. The number of ketones is 1. The van der Waals surface area contributed by atoms with E-state index in [1.165, 1.54) is 5.56 Å². The average molecular weight is 443 g/mol. The maximum Gasteiger partial charge on any atom is 0.157 e. The lowest BCUT2D eigenvalue weighted by atomic mass is 9.77. The minimum Gasteiger partial charge on any atom is -0.352 e. The standard InChI is InChI=1S/C26H30N6O/c1-16-11-19(24(33)26(2,3)4)8-10-31(16)25-23-20(18-5-6-18)13-22(32(23)30-15-29-25)21-12-17(14-27)7-9-28-21/h7,9,12-13,15-16,18-19H,5-6,8,10-11H2,1-4H3/t16-,19?/m0/s1. The zero-order valence-corrected chi connectivity index (χ0v) is 19.7. The number of carbonyl (C=O) groups excluding carboxylic acids is 1. The molecule has 5 rings (SSSR count). The number of nitriles is 1. The van der Waals surface area contributed by atoms with Gasteiger partial charge < -0.3 is 4.90 Å². The lowest BCUT2D eigenvalue weighted by molar-refractivity contribution is -0.131. The first kappa shape index (κ1) is 21.6. The van der Waals surface area contributed by atoms with Gasteiger partial charge >= 0.3 is 0 Å². The minimum atomic E-state index is -0.310. The van der Waals surface area contributed by atoms with E-state index in [-0.39, 0.29) is 17.4 Å². The van der Waals surface area contributed by atoms with Crippen molar-refractivity contribution in [1.29, 1.82) is 5.26 Å². The summed E-state index contributed by atoms with van der Waals surface area (Å²) in [5.41, 5.74) is 4.18. The first-order valence-electron chi connectivity index (χ1n) is 11.8. The third kappa shape index (κ3) is 3.88. The van der Waals surface area contributed by atoms with Crippen molar-refractivity contribution in [3.05, 3.63) is 41.9 Å². The fourth-order valence-electron chi connectivity index (χ4n) is 5.13. The molecule has 0 bridgehead atoms. The second-order valence-electron chi connectivity index (χ2n) is 10.5. The molecule has 2 aliphatic rings. The molecule has 4 heterocycles. The molecule has 2 atom stereocenters. The van der Waals surface area contributed by atoms with E-state index in [4.69, 9.17) is 4.98 Å². The molecule has 3 aromatic heterocycles. The number of anilines is 1. The van der Waals surface area contributed by atoms with Gasteiger partial charge in [-0.15, -0.1) is 0 Å². The van der Waals surface area contributed by atoms with E-state index in [1.54, 1.807) is 18.6 Å². The van der Waals surface area contributed by atoms with Crippen molar-refractivity contribution in [3.63, 3.8) is 0 Å². The Labute approximate surface area is 194 Å². The highest BCUT2D eigenvalue weighted by atomic mass is 16.1. The van der Waals surface area contributed by atoms with Gasteiger partial charge in [-0.2, -0.15) is 10.4 Å². The third-order valence-corrected chi connectivity index (χ3v) is 6.99. The number of fused-ring (bicyclic) bond motifs is 1. The predicted octanol–water partition coefficient (Wildman–Crippen LogP) is 4.76. The second kappa shape index (κ2) is 7.95. The molecule has 1 aliphatic heterocycles. The summed E-state index contributed by atoms with van der Waals surface area (Å²) in [6.45, 7) is 9.03. The summed E-state index contributed by atoms with van der Waals surface area (Å²) < 4.78 is 1.94. The van der Waals surface area contributed by atoms with Gasteiger partial charge in [-0.1, -0.05) is 20.8 Å². The molecular formula is C26H30N6O. The zero-order chi connectivity index (χ0) is 23.3. The highest BCUT2D eigenvalue weighted by molar-refractivity contribution is 5.86. The van der Waals surface area contributed by atoms with Gasteiger partial charge in [0.25, 0.3) is 0 Å². The summed E-state index contributed by atoms with van der Waals surface area (Å²) in [6.07, 6.45) is 7.29. The van der Waals surface area contributed by atoms with Crippen LogP contribution in [0.15, 0.2) is 30.7 Å². The van der Waals surface area contributed by atoms with E-state index in [2.05, 4.69) is 34.0 Å². The Balaban J connectivity index is 1.56. The van der Waals surface area contributed by atoms with Crippen molar-refractivity contribution in [2.45, 2.75) is 65.3 Å². The van der Waals surface area contributed by atoms with Crippen molar-refractivity contribution >= 4 is 17.1 Å². The van der Waals surface area contributed by atoms with Crippen LogP contribution in [-0.4, -0.2) is 38.0 Å². The van der Waals surface area contributed by atoms with Gasteiger partial charge in [-0.3, -0.25) is 9.78 Å². The smallest absolute Gasteiger partial charge is 0.157 e. The first-order valence-corrected chi connectivity index (χ1v) is 11.8. The molecule has 0 N–H and O–H groups in total. The van der Waals surface area contributed by atoms with Gasteiger partial charge in [0, 0.05) is 30.1 Å². The average Bonchev–Trinajstić information content (AvgIpc) is 3.57. The molecule has 33 heavy (non-hydrogen) atoms. The first-order chi connectivity index (χ1) is 15.8. The van der Waals surface area contributed by atoms with Crippen LogP contribution in [0.3, 0.4) is 0 Å². The van der Waals surface area contributed by atoms with Crippen molar-refractivity contribution in [2.75, 3.05) is 11.4 Å². The highest BCUT2D eigenvalue weighted by Crippen LogP contribution is 2.46. The number of hydrogen-bond acceptors (Lipinski definition) is 6. The van der Waals surface area contributed by atoms with E-state index in [0.29, 0.717) is 17.3 Å². The van der Waals surface area contributed by atoms with Gasteiger partial charge in [0.2, 0.25) is 0 Å². The Hall–Kier alpha value is -3.27. The molecule has 3 aromatic rings. The maximum atomic E-state index is 12.9. The van der Waals surface area contributed by atoms with Gasteiger partial charge in [0.15, 0.2) is 5.82 Å². The Morgan fingerprint density at radius 3 is 2.64 bits per heavy atom. The van der Waals surface area contributed by atoms with E-state index in [1.807, 2.05) is 31.4 Å². The Morgan fingerprint density at radius 1 is 1.18 bits per heavy atom. The van der Waals surface area contributed by atoms with E-state index in [9.17, 15) is 10.1 Å². The summed E-state index contributed by atoms with van der Waals surface area (Å²) in [5.74, 6) is 1.89. The molecule has 1 unspecified atom stereocenters. The summed E-state index contributed by atoms with van der Waals surface area (Å²) in [4.78, 5) is 24.5. The Morgan fingerprint density at radius 2 is 1.97 bits per heavy atom. The van der Waals surface area contributed by atoms with Gasteiger partial charge in [-0.25, -0.2) is 9.50 Å². The monoisotopic (exact) mass is 442 g/mol. The van der Waals surface area contributed by atoms with Crippen LogP contribution in [0.2, 0.25) is 0 Å². The maximum absolute atomic E-state index is 12.9. The van der Waals surface area contributed by atoms with E-state index >= 15 is 0 Å². The fourth-order valence-corrected chi connectivity index (χ4v) is 5.13. The van der Waals surface area contributed by atoms with Crippen LogP contribution in [0.5, 0.6) is 0 Å². The summed E-state index contributed by atoms with van der Waals surface area (Å²) in [5, 5.41) is 13.9. The number of hydrogen-bond donors (Lipinski definition) is 0. The van der Waals surface area contributed by atoms with Crippen LogP contribution in [-0.2, 0) is 4.79 Å². The Bertz CT molecular complexity index is 1260. The summed E-state index contributed by atoms with van der Waals surface area (Å²) >= 11 is 0. The molecule has 7 nitrogen and oxygen atoms in total. The number of rotatable bonds is 4. The van der Waals surface area contributed by atoms with Crippen LogP contribution in [0, 0.1) is 22.7 Å². The van der Waals surface area contributed by atoms with Crippen LogP contribution in [0.4, 0.5) is 5.82 Å². The normalized spacial score (nSPS) is 21.2. The molecule has 0 radical (unpaired) electrons. The van der Waals surface area contributed by atoms with Gasteiger partial charge in [0.1, 0.15) is 17.6 Å². The lowest BCUT2D eigenvalue weighted by Gasteiger charge is -2.39. The van der Waals surface area contributed by atoms with E-state index < -0.39 is 0 Å². The minimum absolute atomic E-state index is 0.0947. The zero-order valence-electron chi connectivity index (χ0n) is 19.7. The number of nitrogens with zero attached hydrogens (tertiary/aromatic N) is 6. The number of carbonyl (C=O) groups is 1. The number of aromatic nitrogens is 4. The topological polar surface area (TPSA) is 87.2 Å². The molecule has 1 saturated heterocycles. The molecule has 7 heteroatoms. The van der Waals surface area contributed by atoms with Crippen molar-refractivity contribution in [3.8, 4) is 17.5 Å². The molecular weight excluding hydrogens is 412 g/mol. The van der Waals surface area contributed by atoms with Crippen LogP contribution in [0.1, 0.15) is 70.4 Å². The van der Waals surface area contributed by atoms with E-state index in [0.717, 1.165) is 55.0 Å². The quantitative estimate of drug-likeness (QED) is 0.579. The molecule has 1 saturated carbocycles. The summed E-state index contributed by atoms with van der Waals surface area (Å²) in [6, 6.07) is 8.11. The summed E-state index contributed by atoms with van der Waals surface area (Å²) in [7, 11) is 0. The van der Waals surface area contributed by atoms with Crippen LogP contribution < -0.4 is 4.90 Å². The number of Topliss-reactive ketones (excluding diaryl/α,β-unsaturated/α-hetero) is 1. The van der Waals surface area contributed by atoms with Gasteiger partial charge in [-0.05, 0) is 62.3 Å². The fraction of sp³-hybridized carbons (Fsp3) is 0.500. The molecule has 1 aliphatic carbocycles.